The smallest absolute Gasteiger partial charge is 0.142 e. The molecule has 0 atom stereocenters. The summed E-state index contributed by atoms with van der Waals surface area (Å²) in [7, 11) is 0. The Bertz CT molecular complexity index is 889. The summed E-state index contributed by atoms with van der Waals surface area (Å²) < 4.78 is 5.51. The number of phenols is 1. The van der Waals surface area contributed by atoms with Crippen LogP contribution in [-0.2, 0) is 0 Å². The van der Waals surface area contributed by atoms with Gasteiger partial charge in [0.05, 0.1) is 16.6 Å². The summed E-state index contributed by atoms with van der Waals surface area (Å²) in [4.78, 5) is 7.72. The molecule has 0 bridgehead atoms. The molecule has 0 aliphatic heterocycles. The first kappa shape index (κ1) is 10.2. The summed E-state index contributed by atoms with van der Waals surface area (Å²) in [5, 5.41) is 10.5. The number of nitrogens with one attached hydrogen (secondary N) is 1. The lowest BCUT2D eigenvalue weighted by Crippen LogP contribution is -1.77. The van der Waals surface area contributed by atoms with Gasteiger partial charge < -0.3 is 14.5 Å². The van der Waals surface area contributed by atoms with Crippen molar-refractivity contribution in [3.8, 4) is 17.1 Å². The van der Waals surface area contributed by atoms with Crippen LogP contribution in [0.15, 0.2) is 53.1 Å². The number of aromatic hydroxyl groups is 1. The van der Waals surface area contributed by atoms with E-state index in [2.05, 4.69) is 9.97 Å². The standard InChI is InChI=1S/C15H10N2O2/c18-9-5-6-12-13(7-9)17-15(16-12)11-8-19-14-4-2-1-3-10(11)14/h1-8,18H,(H,16,17). The minimum Gasteiger partial charge on any atom is -0.508 e. The zero-order valence-electron chi connectivity index (χ0n) is 9.92. The van der Waals surface area contributed by atoms with Gasteiger partial charge in [-0.05, 0) is 18.2 Å². The summed E-state index contributed by atoms with van der Waals surface area (Å²) in [6.07, 6.45) is 1.70. The maximum Gasteiger partial charge on any atom is 0.142 e. The third kappa shape index (κ3) is 1.50. The number of benzene rings is 2. The lowest BCUT2D eigenvalue weighted by molar-refractivity contribution is 0.476. The number of rotatable bonds is 1. The number of furan rings is 1. The lowest BCUT2D eigenvalue weighted by atomic mass is 10.2. The summed E-state index contributed by atoms with van der Waals surface area (Å²) in [5.74, 6) is 0.963. The molecule has 4 aromatic rings. The first-order valence-corrected chi connectivity index (χ1v) is 5.96. The highest BCUT2D eigenvalue weighted by Gasteiger charge is 2.11. The lowest BCUT2D eigenvalue weighted by Gasteiger charge is -1.91. The normalized spacial score (nSPS) is 11.4. The van der Waals surface area contributed by atoms with Crippen LogP contribution in [-0.4, -0.2) is 15.1 Å². The first-order chi connectivity index (χ1) is 9.31. The SMILES string of the molecule is Oc1ccc2nc(-c3coc4ccccc34)[nH]c2c1. The number of aromatic nitrogens is 2. The van der Waals surface area contributed by atoms with E-state index in [4.69, 9.17) is 4.42 Å². The van der Waals surface area contributed by atoms with E-state index in [0.717, 1.165) is 33.4 Å². The number of hydrogen-bond acceptors (Lipinski definition) is 3. The molecule has 4 heteroatoms. The highest BCUT2D eigenvalue weighted by Crippen LogP contribution is 2.30. The molecule has 0 fully saturated rings. The topological polar surface area (TPSA) is 62.1 Å². The number of fused-ring (bicyclic) bond motifs is 2. The largest absolute Gasteiger partial charge is 0.508 e. The molecule has 0 saturated heterocycles. The molecule has 0 unspecified atom stereocenters. The van der Waals surface area contributed by atoms with Crippen LogP contribution in [0.2, 0.25) is 0 Å². The van der Waals surface area contributed by atoms with Gasteiger partial charge >= 0.3 is 0 Å². The fourth-order valence-electron chi connectivity index (χ4n) is 2.29. The van der Waals surface area contributed by atoms with Gasteiger partial charge in [0, 0.05) is 11.5 Å². The van der Waals surface area contributed by atoms with E-state index in [0.29, 0.717) is 0 Å². The highest BCUT2D eigenvalue weighted by atomic mass is 16.3. The second kappa shape index (κ2) is 3.62. The van der Waals surface area contributed by atoms with Gasteiger partial charge in [-0.25, -0.2) is 4.98 Å². The Labute approximate surface area is 108 Å². The van der Waals surface area contributed by atoms with Crippen molar-refractivity contribution in [3.05, 3.63) is 48.7 Å². The van der Waals surface area contributed by atoms with Crippen molar-refractivity contribution in [2.75, 3.05) is 0 Å². The van der Waals surface area contributed by atoms with Gasteiger partial charge in [0.25, 0.3) is 0 Å². The van der Waals surface area contributed by atoms with Gasteiger partial charge in [-0.3, -0.25) is 0 Å². The zero-order chi connectivity index (χ0) is 12.8. The number of hydrogen-bond donors (Lipinski definition) is 2. The predicted octanol–water partition coefficient (Wildman–Crippen LogP) is 3.68. The van der Waals surface area contributed by atoms with Crippen molar-refractivity contribution in [2.24, 2.45) is 0 Å². The van der Waals surface area contributed by atoms with Crippen LogP contribution in [0.3, 0.4) is 0 Å². The van der Waals surface area contributed by atoms with Crippen molar-refractivity contribution in [1.82, 2.24) is 9.97 Å². The number of imidazole rings is 1. The Morgan fingerprint density at radius 1 is 1.11 bits per heavy atom. The van der Waals surface area contributed by atoms with Crippen LogP contribution in [0.25, 0.3) is 33.4 Å². The number of aromatic amines is 1. The molecule has 2 aromatic carbocycles. The van der Waals surface area contributed by atoms with Gasteiger partial charge in [0.1, 0.15) is 23.4 Å². The van der Waals surface area contributed by atoms with E-state index in [9.17, 15) is 5.11 Å². The van der Waals surface area contributed by atoms with Crippen LogP contribution in [0, 0.1) is 0 Å². The predicted molar refractivity (Wildman–Crippen MR) is 73.0 cm³/mol. The summed E-state index contributed by atoms with van der Waals surface area (Å²) in [5.41, 5.74) is 3.38. The van der Waals surface area contributed by atoms with Crippen molar-refractivity contribution in [1.29, 1.82) is 0 Å². The van der Waals surface area contributed by atoms with Crippen LogP contribution in [0.4, 0.5) is 0 Å². The first-order valence-electron chi connectivity index (χ1n) is 5.96. The molecule has 0 radical (unpaired) electrons. The van der Waals surface area contributed by atoms with Crippen LogP contribution < -0.4 is 0 Å². The number of para-hydroxylation sites is 1. The van der Waals surface area contributed by atoms with E-state index in [1.54, 1.807) is 24.5 Å². The average molecular weight is 250 g/mol. The quantitative estimate of drug-likeness (QED) is 0.541. The van der Waals surface area contributed by atoms with Crippen LogP contribution in [0.1, 0.15) is 0 Å². The maximum absolute atomic E-state index is 9.48. The average Bonchev–Trinajstić information content (AvgIpc) is 3.00. The van der Waals surface area contributed by atoms with Gasteiger partial charge in [0.2, 0.25) is 0 Å². The molecule has 19 heavy (non-hydrogen) atoms. The molecule has 0 aliphatic carbocycles. The van der Waals surface area contributed by atoms with Crippen molar-refractivity contribution in [2.45, 2.75) is 0 Å². The minimum absolute atomic E-state index is 0.222. The monoisotopic (exact) mass is 250 g/mol. The second-order valence-electron chi connectivity index (χ2n) is 4.43. The Morgan fingerprint density at radius 3 is 2.95 bits per heavy atom. The molecule has 0 aliphatic rings. The van der Waals surface area contributed by atoms with Crippen molar-refractivity contribution < 1.29 is 9.52 Å². The fourth-order valence-corrected chi connectivity index (χ4v) is 2.29. The molecule has 4 rings (SSSR count). The summed E-state index contributed by atoms with van der Waals surface area (Å²) >= 11 is 0. The molecule has 0 amide bonds. The Balaban J connectivity index is 1.99. The third-order valence-electron chi connectivity index (χ3n) is 3.20. The molecule has 2 heterocycles. The molecule has 0 spiro atoms. The van der Waals surface area contributed by atoms with Crippen LogP contribution in [0.5, 0.6) is 5.75 Å². The van der Waals surface area contributed by atoms with Crippen LogP contribution >= 0.6 is 0 Å². The Hall–Kier alpha value is -2.75. The molecule has 2 aromatic heterocycles. The number of nitrogens with zero attached hydrogens (tertiary/aromatic N) is 1. The van der Waals surface area contributed by atoms with Crippen molar-refractivity contribution >= 4 is 22.0 Å². The second-order valence-corrected chi connectivity index (χ2v) is 4.43. The maximum atomic E-state index is 9.48. The molecule has 92 valence electrons. The Morgan fingerprint density at radius 2 is 2.00 bits per heavy atom. The van der Waals surface area contributed by atoms with E-state index in [-0.39, 0.29) is 5.75 Å². The zero-order valence-corrected chi connectivity index (χ0v) is 9.92. The summed E-state index contributed by atoms with van der Waals surface area (Å²) in [6, 6.07) is 12.9. The third-order valence-corrected chi connectivity index (χ3v) is 3.20. The molecule has 4 nitrogen and oxygen atoms in total. The number of phenolic OH excluding ortho intramolecular Hbond substituents is 1. The van der Waals surface area contributed by atoms with Gasteiger partial charge in [-0.1, -0.05) is 18.2 Å². The van der Waals surface area contributed by atoms with E-state index < -0.39 is 0 Å². The highest BCUT2D eigenvalue weighted by molar-refractivity contribution is 5.94. The molecule has 0 saturated carbocycles. The van der Waals surface area contributed by atoms with Crippen molar-refractivity contribution in [3.63, 3.8) is 0 Å². The minimum atomic E-state index is 0.222. The number of H-pyrrole nitrogens is 1. The van der Waals surface area contributed by atoms with Gasteiger partial charge in [-0.15, -0.1) is 0 Å². The molecular weight excluding hydrogens is 240 g/mol. The fraction of sp³-hybridized carbons (Fsp3) is 0. The summed E-state index contributed by atoms with van der Waals surface area (Å²) in [6.45, 7) is 0. The Kier molecular flexibility index (Phi) is 1.94. The van der Waals surface area contributed by atoms with E-state index in [1.807, 2.05) is 24.3 Å². The van der Waals surface area contributed by atoms with Gasteiger partial charge in [0.15, 0.2) is 0 Å². The van der Waals surface area contributed by atoms with E-state index >= 15 is 0 Å². The molecule has 2 N–H and O–H groups in total. The van der Waals surface area contributed by atoms with Gasteiger partial charge in [-0.2, -0.15) is 0 Å². The molecular formula is C15H10N2O2. The van der Waals surface area contributed by atoms with E-state index in [1.165, 1.54) is 0 Å².